The monoisotopic (exact) mass is 600 g/mol. The summed E-state index contributed by atoms with van der Waals surface area (Å²) >= 11 is 0. The zero-order valence-corrected chi connectivity index (χ0v) is 25.8. The van der Waals surface area contributed by atoms with Gasteiger partial charge < -0.3 is 14.7 Å². The number of allylic oxidation sites excluding steroid dienone is 6. The van der Waals surface area contributed by atoms with E-state index in [0.717, 1.165) is 57.6 Å². The van der Waals surface area contributed by atoms with Gasteiger partial charge in [0.1, 0.15) is 12.6 Å². The molecule has 0 saturated carbocycles. The minimum atomic E-state index is -0.685. The number of aromatic hydroxyl groups is 1. The molecule has 3 heterocycles. The largest absolute Gasteiger partial charge is 0.527 e. The number of benzene rings is 1. The van der Waals surface area contributed by atoms with E-state index in [1.54, 1.807) is 11.1 Å². The van der Waals surface area contributed by atoms with Gasteiger partial charge in [-0.15, -0.1) is 5.06 Å². The van der Waals surface area contributed by atoms with E-state index in [2.05, 4.69) is 37.1 Å². The van der Waals surface area contributed by atoms with E-state index >= 15 is 0 Å². The van der Waals surface area contributed by atoms with Crippen molar-refractivity contribution in [3.8, 4) is 11.9 Å². The van der Waals surface area contributed by atoms with Crippen molar-refractivity contribution < 1.29 is 24.1 Å². The van der Waals surface area contributed by atoms with Crippen molar-refractivity contribution >= 4 is 23.6 Å². The second-order valence-corrected chi connectivity index (χ2v) is 11.3. The molecule has 0 unspecified atom stereocenters. The topological polar surface area (TPSA) is 130 Å². The Labute approximate surface area is 256 Å². The van der Waals surface area contributed by atoms with Crippen molar-refractivity contribution in [3.63, 3.8) is 0 Å². The molecular formula is C33H38N5O6+. The number of fused-ring (bicyclic) bond motifs is 1. The van der Waals surface area contributed by atoms with Crippen LogP contribution in [0.15, 0.2) is 69.8 Å². The molecule has 2 aromatic rings. The maximum Gasteiger partial charge on any atom is 0.527 e. The van der Waals surface area contributed by atoms with E-state index < -0.39 is 28.7 Å². The lowest BCUT2D eigenvalue weighted by atomic mass is 9.80. The van der Waals surface area contributed by atoms with Crippen LogP contribution in [0.4, 0.5) is 10.5 Å². The molecule has 11 nitrogen and oxygen atoms in total. The molecule has 0 amide bonds. The molecule has 2 aliphatic heterocycles. The van der Waals surface area contributed by atoms with Crippen molar-refractivity contribution in [3.05, 3.63) is 97.8 Å². The molecular weight excluding hydrogens is 562 g/mol. The maximum atomic E-state index is 12.5. The second kappa shape index (κ2) is 13.1. The third-order valence-corrected chi connectivity index (χ3v) is 8.11. The number of ether oxygens (including phenoxy) is 1. The Balaban J connectivity index is 1.54. The van der Waals surface area contributed by atoms with E-state index in [1.807, 2.05) is 25.3 Å². The van der Waals surface area contributed by atoms with Crippen LogP contribution < -0.4 is 11.2 Å². The van der Waals surface area contributed by atoms with Crippen molar-refractivity contribution in [2.75, 3.05) is 26.7 Å². The summed E-state index contributed by atoms with van der Waals surface area (Å²) in [6.07, 6.45) is 9.74. The Morgan fingerprint density at radius 3 is 2.57 bits per heavy atom. The van der Waals surface area contributed by atoms with E-state index in [1.165, 1.54) is 32.3 Å². The number of nitriles is 1. The van der Waals surface area contributed by atoms with Gasteiger partial charge in [-0.2, -0.15) is 9.84 Å². The van der Waals surface area contributed by atoms with Crippen molar-refractivity contribution in [2.24, 2.45) is 14.1 Å². The van der Waals surface area contributed by atoms with Crippen molar-refractivity contribution in [1.29, 1.82) is 5.26 Å². The number of hydrogen-bond acceptors (Lipinski definition) is 8. The molecule has 0 bridgehead atoms. The predicted molar refractivity (Wildman–Crippen MR) is 167 cm³/mol. The Morgan fingerprint density at radius 1 is 1.20 bits per heavy atom. The van der Waals surface area contributed by atoms with E-state index in [9.17, 15) is 24.8 Å². The van der Waals surface area contributed by atoms with Gasteiger partial charge in [0.05, 0.1) is 23.7 Å². The lowest BCUT2D eigenvalue weighted by Crippen LogP contribution is -2.37. The molecule has 0 radical (unpaired) electrons. The lowest BCUT2D eigenvalue weighted by Gasteiger charge is -2.17. The van der Waals surface area contributed by atoms with Crippen molar-refractivity contribution in [2.45, 2.75) is 38.5 Å². The van der Waals surface area contributed by atoms with E-state index in [0.29, 0.717) is 17.6 Å². The molecule has 1 aromatic heterocycles. The predicted octanol–water partition coefficient (Wildman–Crippen LogP) is 3.78. The van der Waals surface area contributed by atoms with Gasteiger partial charge in [0, 0.05) is 51.3 Å². The maximum absolute atomic E-state index is 12.5. The van der Waals surface area contributed by atoms with Gasteiger partial charge in [0.2, 0.25) is 11.6 Å². The first-order valence-corrected chi connectivity index (χ1v) is 14.4. The van der Waals surface area contributed by atoms with Crippen LogP contribution in [0.5, 0.6) is 5.88 Å². The summed E-state index contributed by atoms with van der Waals surface area (Å²) in [7, 11) is 4.65. The molecule has 0 spiro atoms. The number of nitrogens with zero attached hydrogens (tertiary/aromatic N) is 5. The average molecular weight is 601 g/mol. The Kier molecular flexibility index (Phi) is 9.55. The summed E-state index contributed by atoms with van der Waals surface area (Å²) in [5, 5.41) is 21.9. The molecule has 11 heteroatoms. The van der Waals surface area contributed by atoms with Gasteiger partial charge in [-0.05, 0) is 56.0 Å². The van der Waals surface area contributed by atoms with Crippen LogP contribution in [0.25, 0.3) is 6.08 Å². The molecule has 1 saturated heterocycles. The number of hydroxylamine groups is 2. The van der Waals surface area contributed by atoms with Gasteiger partial charge in [-0.25, -0.2) is 9.59 Å². The number of rotatable bonds is 9. The van der Waals surface area contributed by atoms with Crippen LogP contribution in [-0.4, -0.2) is 62.5 Å². The SMILES string of the molecule is C=CC(=C\C1=[N+](C)c2ccc(CCOC(=O)ON3CCCC3)cc2C1(C)C)/C(C#N)=C/C=C/c1c(O)n(C)c(=O)n(C)c1=O. The van der Waals surface area contributed by atoms with Crippen molar-refractivity contribution in [1.82, 2.24) is 14.2 Å². The lowest BCUT2D eigenvalue weighted by molar-refractivity contribution is -0.401. The summed E-state index contributed by atoms with van der Waals surface area (Å²) in [6, 6.07) is 8.34. The zero-order chi connectivity index (χ0) is 32.2. The first kappa shape index (κ1) is 32.0. The molecule has 0 aliphatic carbocycles. The summed E-state index contributed by atoms with van der Waals surface area (Å²) in [5.74, 6) is -0.462. The minimum absolute atomic E-state index is 0.0709. The fraction of sp³-hybridized carbons (Fsp3) is 0.364. The first-order chi connectivity index (χ1) is 20.9. The normalized spacial score (nSPS) is 16.7. The van der Waals surface area contributed by atoms with Crippen LogP contribution in [0.1, 0.15) is 43.4 Å². The van der Waals surface area contributed by atoms with Gasteiger partial charge in [0.25, 0.3) is 5.56 Å². The fourth-order valence-corrected chi connectivity index (χ4v) is 5.50. The Bertz CT molecular complexity index is 1770. The van der Waals surface area contributed by atoms with Crippen LogP contribution >= 0.6 is 0 Å². The van der Waals surface area contributed by atoms with E-state index in [4.69, 9.17) is 9.57 Å². The van der Waals surface area contributed by atoms with Crippen LogP contribution in [0, 0.1) is 11.3 Å². The molecule has 44 heavy (non-hydrogen) atoms. The molecule has 0 atom stereocenters. The summed E-state index contributed by atoms with van der Waals surface area (Å²) in [6.45, 7) is 9.78. The molecule has 2 aliphatic rings. The van der Waals surface area contributed by atoms with E-state index in [-0.39, 0.29) is 12.2 Å². The summed E-state index contributed by atoms with van der Waals surface area (Å²) in [5.41, 5.74) is 3.15. The number of carbonyl (C=O) groups excluding carboxylic acids is 1. The number of aromatic nitrogens is 2. The smallest absolute Gasteiger partial charge is 0.494 e. The highest BCUT2D eigenvalue weighted by Gasteiger charge is 2.43. The summed E-state index contributed by atoms with van der Waals surface area (Å²) in [4.78, 5) is 41.7. The first-order valence-electron chi connectivity index (χ1n) is 14.4. The highest BCUT2D eigenvalue weighted by Crippen LogP contribution is 2.40. The third-order valence-electron chi connectivity index (χ3n) is 8.11. The highest BCUT2D eigenvalue weighted by molar-refractivity contribution is 6.04. The molecule has 1 fully saturated rings. The Hall–Kier alpha value is -4.95. The van der Waals surface area contributed by atoms with Gasteiger partial charge in [-0.1, -0.05) is 24.8 Å². The zero-order valence-electron chi connectivity index (χ0n) is 25.8. The number of hydrogen-bond donors (Lipinski definition) is 1. The molecule has 4 rings (SSSR count). The van der Waals surface area contributed by atoms with Crippen LogP contribution in [0.2, 0.25) is 0 Å². The third kappa shape index (κ3) is 6.35. The van der Waals surface area contributed by atoms with Crippen LogP contribution in [0.3, 0.4) is 0 Å². The second-order valence-electron chi connectivity index (χ2n) is 11.3. The van der Waals surface area contributed by atoms with Crippen LogP contribution in [-0.2, 0) is 35.5 Å². The average Bonchev–Trinajstić information content (AvgIpc) is 3.58. The van der Waals surface area contributed by atoms with Gasteiger partial charge in [-0.3, -0.25) is 13.9 Å². The molecule has 1 N–H and O–H groups in total. The highest BCUT2D eigenvalue weighted by atomic mass is 16.8. The van der Waals surface area contributed by atoms with Gasteiger partial charge >= 0.3 is 11.8 Å². The Morgan fingerprint density at radius 2 is 1.91 bits per heavy atom. The quantitative estimate of drug-likeness (QED) is 0.199. The molecule has 230 valence electrons. The minimum Gasteiger partial charge on any atom is -0.494 e. The van der Waals surface area contributed by atoms with Gasteiger partial charge in [0.15, 0.2) is 5.71 Å². The number of carbonyl (C=O) groups is 1. The fourth-order valence-electron chi connectivity index (χ4n) is 5.50. The summed E-state index contributed by atoms with van der Waals surface area (Å²) < 4.78 is 9.23. The molecule has 1 aromatic carbocycles. The standard InChI is InChI=1S/C33H37N5O6/c1-7-23(24(21-34)11-10-12-25-29(39)36(5)31(41)37(6)30(25)40)20-28-33(2,3)26-19-22(13-14-27(26)35(28)4)15-18-43-32(42)44-38-16-8-9-17-38/h7,10-14,19-20H,1,8-9,15-18H2,2-6H3/p+1.